The van der Waals surface area contributed by atoms with Gasteiger partial charge in [0.05, 0.1) is 6.10 Å². The second kappa shape index (κ2) is 21.4. The minimum atomic E-state index is 0.390. The van der Waals surface area contributed by atoms with Crippen molar-refractivity contribution in [1.29, 1.82) is 0 Å². The molecule has 0 bridgehead atoms. The van der Waals surface area contributed by atoms with Gasteiger partial charge in [-0.05, 0) is 38.2 Å². The molecule has 2 heteroatoms. The summed E-state index contributed by atoms with van der Waals surface area (Å²) < 4.78 is 5.56. The van der Waals surface area contributed by atoms with Gasteiger partial charge in [-0.25, -0.2) is 0 Å². The molecule has 0 aliphatic heterocycles. The van der Waals surface area contributed by atoms with Crippen LogP contribution in [0.1, 0.15) is 117 Å². The predicted octanol–water partition coefficient (Wildman–Crippen LogP) is 8.02. The maximum absolute atomic E-state index is 5.56. The van der Waals surface area contributed by atoms with Gasteiger partial charge in [-0.2, -0.15) is 11.8 Å². The SMILES string of the molecule is CCCCCCCCCCCCCCCCSCCCOC(C)C. The van der Waals surface area contributed by atoms with Crippen molar-refractivity contribution in [2.75, 3.05) is 18.1 Å². The normalized spacial score (nSPS) is 11.5. The molecule has 0 unspecified atom stereocenters. The van der Waals surface area contributed by atoms with Gasteiger partial charge in [-0.3, -0.25) is 0 Å². The lowest BCUT2D eigenvalue weighted by molar-refractivity contribution is 0.0800. The second-order valence-corrected chi connectivity index (χ2v) is 8.71. The summed E-state index contributed by atoms with van der Waals surface area (Å²) in [5.41, 5.74) is 0. The Bertz CT molecular complexity index is 218. The number of rotatable bonds is 20. The van der Waals surface area contributed by atoms with Crippen LogP contribution < -0.4 is 0 Å². The van der Waals surface area contributed by atoms with E-state index in [0.717, 1.165) is 6.61 Å². The lowest BCUT2D eigenvalue weighted by Crippen LogP contribution is -2.04. The van der Waals surface area contributed by atoms with Gasteiger partial charge >= 0.3 is 0 Å². The highest BCUT2D eigenvalue weighted by Gasteiger charge is 1.96. The molecule has 0 aliphatic carbocycles. The minimum absolute atomic E-state index is 0.390. The quantitative estimate of drug-likeness (QED) is 0.204. The fourth-order valence-electron chi connectivity index (χ4n) is 2.98. The van der Waals surface area contributed by atoms with Gasteiger partial charge in [-0.1, -0.05) is 90.4 Å². The smallest absolute Gasteiger partial charge is 0.0518 e. The molecule has 0 spiro atoms. The third-order valence-electron chi connectivity index (χ3n) is 4.53. The second-order valence-electron chi connectivity index (χ2n) is 7.48. The summed E-state index contributed by atoms with van der Waals surface area (Å²) in [5.74, 6) is 2.62. The van der Waals surface area contributed by atoms with Crippen molar-refractivity contribution >= 4 is 11.8 Å². The summed E-state index contributed by atoms with van der Waals surface area (Å²) in [6.07, 6.45) is 21.9. The molecule has 146 valence electrons. The van der Waals surface area contributed by atoms with Crippen molar-refractivity contribution in [3.8, 4) is 0 Å². The summed E-state index contributed by atoms with van der Waals surface area (Å²) in [7, 11) is 0. The Morgan fingerprint density at radius 3 is 1.46 bits per heavy atom. The van der Waals surface area contributed by atoms with Crippen LogP contribution in [0, 0.1) is 0 Å². The first-order chi connectivity index (χ1) is 11.8. The number of ether oxygens (including phenoxy) is 1. The lowest BCUT2D eigenvalue weighted by Gasteiger charge is -2.07. The van der Waals surface area contributed by atoms with Gasteiger partial charge in [0.15, 0.2) is 0 Å². The Balaban J connectivity index is 2.95. The van der Waals surface area contributed by atoms with Gasteiger partial charge in [0.2, 0.25) is 0 Å². The fraction of sp³-hybridized carbons (Fsp3) is 1.00. The van der Waals surface area contributed by atoms with Crippen molar-refractivity contribution < 1.29 is 4.74 Å². The molecule has 0 rings (SSSR count). The van der Waals surface area contributed by atoms with Gasteiger partial charge in [0.25, 0.3) is 0 Å². The third kappa shape index (κ3) is 22.3. The number of hydrogen-bond acceptors (Lipinski definition) is 2. The first-order valence-electron chi connectivity index (χ1n) is 11.0. The Morgan fingerprint density at radius 1 is 0.583 bits per heavy atom. The molecule has 0 N–H and O–H groups in total. The Kier molecular flexibility index (Phi) is 21.6. The molecule has 0 radical (unpaired) electrons. The number of thioether (sulfide) groups is 1. The van der Waals surface area contributed by atoms with Crippen molar-refractivity contribution in [1.82, 2.24) is 0 Å². The molecule has 0 fully saturated rings. The molecule has 0 atom stereocenters. The Hall–Kier alpha value is 0.310. The highest BCUT2D eigenvalue weighted by Crippen LogP contribution is 2.14. The van der Waals surface area contributed by atoms with E-state index in [4.69, 9.17) is 4.74 Å². The van der Waals surface area contributed by atoms with E-state index in [2.05, 4.69) is 32.5 Å². The summed E-state index contributed by atoms with van der Waals surface area (Å²) in [6.45, 7) is 7.45. The van der Waals surface area contributed by atoms with Crippen LogP contribution in [0.3, 0.4) is 0 Å². The molecule has 24 heavy (non-hydrogen) atoms. The highest BCUT2D eigenvalue weighted by atomic mass is 32.2. The van der Waals surface area contributed by atoms with Crippen LogP contribution in [0.15, 0.2) is 0 Å². The van der Waals surface area contributed by atoms with E-state index in [-0.39, 0.29) is 0 Å². The van der Waals surface area contributed by atoms with E-state index in [1.807, 2.05) is 0 Å². The average Bonchev–Trinajstić information content (AvgIpc) is 2.56. The van der Waals surface area contributed by atoms with Gasteiger partial charge < -0.3 is 4.74 Å². The van der Waals surface area contributed by atoms with E-state index in [1.54, 1.807) is 0 Å². The number of hydrogen-bond donors (Lipinski definition) is 0. The maximum atomic E-state index is 5.56. The summed E-state index contributed by atoms with van der Waals surface area (Å²) >= 11 is 2.11. The zero-order valence-electron chi connectivity index (χ0n) is 17.1. The van der Waals surface area contributed by atoms with Crippen molar-refractivity contribution in [2.24, 2.45) is 0 Å². The standard InChI is InChI=1S/C22H46OS/c1-4-5-6-7-8-9-10-11-12-13-14-15-16-17-20-24-21-18-19-23-22(2)3/h22H,4-21H2,1-3H3. The van der Waals surface area contributed by atoms with E-state index in [9.17, 15) is 0 Å². The van der Waals surface area contributed by atoms with Crippen molar-refractivity contribution in [3.05, 3.63) is 0 Å². The molecule has 0 heterocycles. The van der Waals surface area contributed by atoms with Crippen molar-refractivity contribution in [3.63, 3.8) is 0 Å². The van der Waals surface area contributed by atoms with Gasteiger partial charge in [0, 0.05) is 6.61 Å². The molecular formula is C22H46OS. The molecule has 0 amide bonds. The molecule has 0 aromatic carbocycles. The lowest BCUT2D eigenvalue weighted by atomic mass is 10.0. The first-order valence-corrected chi connectivity index (χ1v) is 12.1. The summed E-state index contributed by atoms with van der Waals surface area (Å²) in [4.78, 5) is 0. The van der Waals surface area contributed by atoms with Crippen LogP contribution in [0.5, 0.6) is 0 Å². The van der Waals surface area contributed by atoms with Gasteiger partial charge in [0.1, 0.15) is 0 Å². The van der Waals surface area contributed by atoms with E-state index < -0.39 is 0 Å². The zero-order valence-corrected chi connectivity index (χ0v) is 17.9. The van der Waals surface area contributed by atoms with Crippen molar-refractivity contribution in [2.45, 2.75) is 123 Å². The molecular weight excluding hydrogens is 312 g/mol. The largest absolute Gasteiger partial charge is 0.379 e. The molecule has 0 aliphatic rings. The van der Waals surface area contributed by atoms with Crippen LogP contribution in [-0.2, 0) is 4.74 Å². The van der Waals surface area contributed by atoms with E-state index >= 15 is 0 Å². The Morgan fingerprint density at radius 2 is 1.00 bits per heavy atom. The van der Waals surface area contributed by atoms with Gasteiger partial charge in [-0.15, -0.1) is 0 Å². The third-order valence-corrected chi connectivity index (χ3v) is 5.68. The zero-order chi connectivity index (χ0) is 17.7. The van der Waals surface area contributed by atoms with Crippen LogP contribution >= 0.6 is 11.8 Å². The molecule has 0 saturated carbocycles. The minimum Gasteiger partial charge on any atom is -0.379 e. The van der Waals surface area contributed by atoms with Crippen LogP contribution in [0.2, 0.25) is 0 Å². The Labute approximate surface area is 158 Å². The number of unbranched alkanes of at least 4 members (excludes halogenated alkanes) is 13. The highest BCUT2D eigenvalue weighted by molar-refractivity contribution is 7.99. The average molecular weight is 359 g/mol. The van der Waals surface area contributed by atoms with Crippen LogP contribution in [0.25, 0.3) is 0 Å². The topological polar surface area (TPSA) is 9.23 Å². The molecule has 0 aromatic heterocycles. The predicted molar refractivity (Wildman–Crippen MR) is 113 cm³/mol. The summed E-state index contributed by atoms with van der Waals surface area (Å²) in [5, 5.41) is 0. The maximum Gasteiger partial charge on any atom is 0.0518 e. The molecule has 1 nitrogen and oxygen atoms in total. The first kappa shape index (κ1) is 24.3. The fourth-order valence-corrected chi connectivity index (χ4v) is 3.92. The molecule has 0 saturated heterocycles. The molecule has 0 aromatic rings. The summed E-state index contributed by atoms with van der Waals surface area (Å²) in [6, 6.07) is 0. The van der Waals surface area contributed by atoms with E-state index in [0.29, 0.717) is 6.10 Å². The van der Waals surface area contributed by atoms with Crippen LogP contribution in [-0.4, -0.2) is 24.2 Å². The van der Waals surface area contributed by atoms with Crippen LogP contribution in [0.4, 0.5) is 0 Å². The monoisotopic (exact) mass is 358 g/mol. The van der Waals surface area contributed by atoms with E-state index in [1.165, 1.54) is 108 Å².